The largest absolute Gasteiger partial charge is 0.339 e. The highest BCUT2D eigenvalue weighted by Gasteiger charge is 2.36. The summed E-state index contributed by atoms with van der Waals surface area (Å²) in [5, 5.41) is 4.12. The number of carbonyl (C=O) groups is 1. The Hall–Kier alpha value is -2.60. The maximum atomic E-state index is 12.6. The number of thioether (sulfide) groups is 1. The van der Waals surface area contributed by atoms with Gasteiger partial charge >= 0.3 is 0 Å². The summed E-state index contributed by atoms with van der Waals surface area (Å²) in [7, 11) is 0. The summed E-state index contributed by atoms with van der Waals surface area (Å²) >= 11 is 1.69. The third kappa shape index (κ3) is 3.37. The van der Waals surface area contributed by atoms with E-state index in [9.17, 15) is 4.79 Å². The zero-order chi connectivity index (χ0) is 19.0. The van der Waals surface area contributed by atoms with Gasteiger partial charge < -0.3 is 9.42 Å². The van der Waals surface area contributed by atoms with Crippen LogP contribution in [0.15, 0.2) is 51.9 Å². The first-order valence-corrected chi connectivity index (χ1v) is 10.1. The van der Waals surface area contributed by atoms with Crippen LogP contribution in [0.2, 0.25) is 0 Å². The van der Waals surface area contributed by atoms with Gasteiger partial charge in [0.1, 0.15) is 0 Å². The van der Waals surface area contributed by atoms with Crippen molar-refractivity contribution in [2.24, 2.45) is 0 Å². The van der Waals surface area contributed by atoms with Crippen LogP contribution in [0.4, 0.5) is 5.69 Å². The lowest BCUT2D eigenvalue weighted by atomic mass is 10.1. The minimum Gasteiger partial charge on any atom is -0.339 e. The molecule has 1 aliphatic heterocycles. The van der Waals surface area contributed by atoms with Crippen LogP contribution >= 0.6 is 11.8 Å². The molecule has 0 bridgehead atoms. The van der Waals surface area contributed by atoms with Crippen molar-refractivity contribution < 1.29 is 9.32 Å². The van der Waals surface area contributed by atoms with E-state index < -0.39 is 0 Å². The summed E-state index contributed by atoms with van der Waals surface area (Å²) in [6.07, 6.45) is 2.43. The lowest BCUT2D eigenvalue weighted by Crippen LogP contribution is -2.26. The van der Waals surface area contributed by atoms with Gasteiger partial charge in [-0.2, -0.15) is 4.98 Å². The average molecular weight is 379 g/mol. The van der Waals surface area contributed by atoms with E-state index in [-0.39, 0.29) is 11.8 Å². The van der Waals surface area contributed by atoms with Crippen LogP contribution in [0, 0.1) is 13.8 Å². The van der Waals surface area contributed by atoms with Crippen LogP contribution in [0.3, 0.4) is 0 Å². The van der Waals surface area contributed by atoms with E-state index >= 15 is 0 Å². The predicted molar refractivity (Wildman–Crippen MR) is 107 cm³/mol. The molecule has 138 valence electrons. The van der Waals surface area contributed by atoms with Gasteiger partial charge in [-0.05, 0) is 55.5 Å². The number of anilines is 1. The van der Waals surface area contributed by atoms with Crippen molar-refractivity contribution in [2.75, 3.05) is 17.7 Å². The Balaban J connectivity index is 1.57. The average Bonchev–Trinajstić information content (AvgIpc) is 3.29. The Morgan fingerprint density at radius 2 is 1.81 bits per heavy atom. The number of nitrogens with zero attached hydrogens (tertiary/aromatic N) is 3. The first kappa shape index (κ1) is 17.8. The van der Waals surface area contributed by atoms with Gasteiger partial charge in [0.05, 0.1) is 5.92 Å². The molecule has 1 amide bonds. The van der Waals surface area contributed by atoms with Gasteiger partial charge in [0.25, 0.3) is 0 Å². The highest BCUT2D eigenvalue weighted by atomic mass is 32.2. The van der Waals surface area contributed by atoms with Gasteiger partial charge in [0.2, 0.25) is 17.6 Å². The van der Waals surface area contributed by atoms with E-state index in [1.807, 2.05) is 67.5 Å². The van der Waals surface area contributed by atoms with Gasteiger partial charge in [-0.1, -0.05) is 23.4 Å². The fraction of sp³-hybridized carbons (Fsp3) is 0.286. The van der Waals surface area contributed by atoms with Crippen molar-refractivity contribution in [3.8, 4) is 11.4 Å². The molecule has 0 aliphatic carbocycles. The maximum Gasteiger partial charge on any atom is 0.232 e. The van der Waals surface area contributed by atoms with Crippen LogP contribution < -0.4 is 4.90 Å². The minimum absolute atomic E-state index is 0.0803. The van der Waals surface area contributed by atoms with Crippen molar-refractivity contribution in [1.29, 1.82) is 0 Å². The maximum absolute atomic E-state index is 12.6. The third-order valence-electron chi connectivity index (χ3n) is 4.97. The molecule has 1 unspecified atom stereocenters. The molecule has 2 heterocycles. The summed E-state index contributed by atoms with van der Waals surface area (Å²) in [5.74, 6) is 1.11. The van der Waals surface area contributed by atoms with E-state index in [1.54, 1.807) is 11.8 Å². The second-order valence-corrected chi connectivity index (χ2v) is 7.71. The van der Waals surface area contributed by atoms with Crippen molar-refractivity contribution >= 4 is 23.4 Å². The molecule has 1 atom stereocenters. The Bertz CT molecular complexity index is 961. The first-order valence-electron chi connectivity index (χ1n) is 8.91. The Morgan fingerprint density at radius 3 is 2.48 bits per heavy atom. The topological polar surface area (TPSA) is 59.2 Å². The minimum atomic E-state index is -0.0803. The van der Waals surface area contributed by atoms with E-state index in [0.29, 0.717) is 24.7 Å². The monoisotopic (exact) mass is 379 g/mol. The Kier molecular flexibility index (Phi) is 4.74. The zero-order valence-electron chi connectivity index (χ0n) is 15.6. The molecule has 0 saturated carbocycles. The normalized spacial score (nSPS) is 16.9. The lowest BCUT2D eigenvalue weighted by Gasteiger charge is -2.21. The first-order chi connectivity index (χ1) is 13.1. The Morgan fingerprint density at radius 1 is 1.11 bits per heavy atom. The molecule has 2 aromatic carbocycles. The van der Waals surface area contributed by atoms with Crippen molar-refractivity contribution in [3.05, 3.63) is 59.5 Å². The molecule has 1 fully saturated rings. The number of hydrogen-bond donors (Lipinski definition) is 0. The number of rotatable bonds is 4. The molecule has 3 aromatic rings. The number of aromatic nitrogens is 2. The Labute approximate surface area is 162 Å². The van der Waals surface area contributed by atoms with Gasteiger partial charge in [0, 0.05) is 29.1 Å². The summed E-state index contributed by atoms with van der Waals surface area (Å²) in [4.78, 5) is 20.2. The lowest BCUT2D eigenvalue weighted by molar-refractivity contribution is -0.117. The van der Waals surface area contributed by atoms with Crippen LogP contribution in [-0.4, -0.2) is 28.8 Å². The summed E-state index contributed by atoms with van der Waals surface area (Å²) in [6.45, 7) is 4.63. The summed E-state index contributed by atoms with van der Waals surface area (Å²) in [5.41, 5.74) is 4.12. The third-order valence-corrected chi connectivity index (χ3v) is 5.72. The van der Waals surface area contributed by atoms with E-state index in [2.05, 4.69) is 10.1 Å². The van der Waals surface area contributed by atoms with E-state index in [0.717, 1.165) is 22.4 Å². The molecular formula is C21H21N3O2S. The van der Waals surface area contributed by atoms with Crippen LogP contribution in [0.1, 0.15) is 29.4 Å². The van der Waals surface area contributed by atoms with E-state index in [1.165, 1.54) is 4.90 Å². The van der Waals surface area contributed by atoms with Crippen LogP contribution in [0.5, 0.6) is 0 Å². The van der Waals surface area contributed by atoms with E-state index in [4.69, 9.17) is 4.52 Å². The summed E-state index contributed by atoms with van der Waals surface area (Å²) < 4.78 is 5.51. The molecule has 0 N–H and O–H groups in total. The number of hydrogen-bond acceptors (Lipinski definition) is 5. The van der Waals surface area contributed by atoms with Crippen LogP contribution in [-0.2, 0) is 4.79 Å². The fourth-order valence-electron chi connectivity index (χ4n) is 3.58. The van der Waals surface area contributed by atoms with Crippen LogP contribution in [0.25, 0.3) is 11.4 Å². The highest BCUT2D eigenvalue weighted by molar-refractivity contribution is 7.98. The summed E-state index contributed by atoms with van der Waals surface area (Å²) in [6, 6.07) is 14.1. The van der Waals surface area contributed by atoms with Gasteiger partial charge in [-0.15, -0.1) is 11.8 Å². The molecule has 1 saturated heterocycles. The number of para-hydroxylation sites is 1. The molecule has 0 spiro atoms. The molecule has 27 heavy (non-hydrogen) atoms. The number of amides is 1. The van der Waals surface area contributed by atoms with Crippen molar-refractivity contribution in [1.82, 2.24) is 10.1 Å². The molecule has 1 aliphatic rings. The molecule has 0 radical (unpaired) electrons. The quantitative estimate of drug-likeness (QED) is 0.620. The molecule has 6 heteroatoms. The second-order valence-electron chi connectivity index (χ2n) is 6.83. The van der Waals surface area contributed by atoms with Gasteiger partial charge in [0.15, 0.2) is 0 Å². The standard InChI is InChI=1S/C21H21N3O2S/c1-13-5-4-6-14(2)19(13)24-12-16(11-18(24)25)21-22-20(23-26-21)15-7-9-17(27-3)10-8-15/h4-10,16H,11-12H2,1-3H3. The van der Waals surface area contributed by atoms with Gasteiger partial charge in [-0.3, -0.25) is 4.79 Å². The van der Waals surface area contributed by atoms with Gasteiger partial charge in [-0.25, -0.2) is 0 Å². The van der Waals surface area contributed by atoms with Crippen molar-refractivity contribution in [3.63, 3.8) is 0 Å². The predicted octanol–water partition coefficient (Wildman–Crippen LogP) is 4.60. The highest BCUT2D eigenvalue weighted by Crippen LogP contribution is 2.35. The molecular weight excluding hydrogens is 358 g/mol. The number of carbonyl (C=O) groups excluding carboxylic acids is 1. The SMILES string of the molecule is CSc1ccc(-c2noc(C3CC(=O)N(c4c(C)cccc4C)C3)n2)cc1. The zero-order valence-corrected chi connectivity index (χ0v) is 16.4. The number of benzene rings is 2. The second kappa shape index (κ2) is 7.19. The molecule has 1 aromatic heterocycles. The smallest absolute Gasteiger partial charge is 0.232 e. The number of aryl methyl sites for hydroxylation is 2. The molecule has 5 nitrogen and oxygen atoms in total. The molecule has 4 rings (SSSR count). The van der Waals surface area contributed by atoms with Crippen molar-refractivity contribution in [2.45, 2.75) is 31.1 Å². The fourth-order valence-corrected chi connectivity index (χ4v) is 3.99.